The van der Waals surface area contributed by atoms with Gasteiger partial charge in [-0.05, 0) is 67.9 Å². The highest BCUT2D eigenvalue weighted by Crippen LogP contribution is 2.36. The first kappa shape index (κ1) is 25.9. The van der Waals surface area contributed by atoms with Crippen LogP contribution in [0.2, 0.25) is 18.1 Å². The fourth-order valence-electron chi connectivity index (χ4n) is 2.82. The molecule has 0 aliphatic carbocycles. The van der Waals surface area contributed by atoms with E-state index in [1.165, 1.54) is 0 Å². The molecule has 0 saturated heterocycles. The van der Waals surface area contributed by atoms with E-state index in [2.05, 4.69) is 40.4 Å². The average molecular weight is 423 g/mol. The van der Waals surface area contributed by atoms with Crippen molar-refractivity contribution in [1.29, 1.82) is 0 Å². The maximum atomic E-state index is 10.2. The first-order chi connectivity index (χ1) is 13.6. The number of hydrogen-bond acceptors (Lipinski definition) is 4. The first-order valence-electron chi connectivity index (χ1n) is 10.8. The van der Waals surface area contributed by atoms with E-state index in [1.807, 2.05) is 24.3 Å². The minimum atomic E-state index is -1.68. The number of aliphatic hydroxyl groups excluding tert-OH is 1. The lowest BCUT2D eigenvalue weighted by Gasteiger charge is -2.36. The Morgan fingerprint density at radius 3 is 2.34 bits per heavy atom. The van der Waals surface area contributed by atoms with Gasteiger partial charge in [0.15, 0.2) is 8.32 Å². The van der Waals surface area contributed by atoms with E-state index < -0.39 is 14.4 Å². The molecule has 29 heavy (non-hydrogen) atoms. The summed E-state index contributed by atoms with van der Waals surface area (Å²) >= 11 is 0. The summed E-state index contributed by atoms with van der Waals surface area (Å²) in [6.07, 6.45) is 5.58. The molecule has 4 nitrogen and oxygen atoms in total. The van der Waals surface area contributed by atoms with Crippen molar-refractivity contribution in [3.8, 4) is 5.75 Å². The number of unbranched alkanes of at least 4 members (excludes halogenated alkanes) is 1. The quantitative estimate of drug-likeness (QED) is 0.223. The molecule has 1 rings (SSSR count). The molecule has 0 amide bonds. The zero-order chi connectivity index (χ0) is 21.9. The van der Waals surface area contributed by atoms with Crippen molar-refractivity contribution < 1.29 is 19.0 Å². The van der Waals surface area contributed by atoms with Crippen molar-refractivity contribution in [3.05, 3.63) is 42.5 Å². The molecule has 0 bridgehead atoms. The van der Waals surface area contributed by atoms with Crippen LogP contribution < -0.4 is 4.74 Å². The number of aliphatic hydroxyl groups is 1. The predicted octanol–water partition coefficient (Wildman–Crippen LogP) is 6.10. The van der Waals surface area contributed by atoms with Crippen LogP contribution in [0.25, 0.3) is 0 Å². The van der Waals surface area contributed by atoms with Gasteiger partial charge in [0.25, 0.3) is 0 Å². The van der Waals surface area contributed by atoms with Gasteiger partial charge in [0, 0.05) is 6.61 Å². The van der Waals surface area contributed by atoms with Crippen molar-refractivity contribution in [2.45, 2.75) is 89.8 Å². The van der Waals surface area contributed by atoms with Crippen LogP contribution in [0.1, 0.15) is 58.4 Å². The van der Waals surface area contributed by atoms with Gasteiger partial charge in [-0.2, -0.15) is 0 Å². The molecule has 0 aromatic heterocycles. The zero-order valence-electron chi connectivity index (χ0n) is 19.4. The van der Waals surface area contributed by atoms with Gasteiger partial charge in [0.1, 0.15) is 5.75 Å². The predicted molar refractivity (Wildman–Crippen MR) is 124 cm³/mol. The van der Waals surface area contributed by atoms with Gasteiger partial charge >= 0.3 is 0 Å². The summed E-state index contributed by atoms with van der Waals surface area (Å²) in [6, 6.07) is 7.92. The second-order valence-corrected chi connectivity index (χ2v) is 14.1. The van der Waals surface area contributed by atoms with Crippen molar-refractivity contribution in [3.63, 3.8) is 0 Å². The van der Waals surface area contributed by atoms with E-state index in [1.54, 1.807) is 13.2 Å². The minimum Gasteiger partial charge on any atom is -0.497 e. The van der Waals surface area contributed by atoms with Crippen LogP contribution in [0.15, 0.2) is 36.9 Å². The molecule has 0 saturated carbocycles. The molecule has 0 radical (unpaired) electrons. The number of ether oxygens (including phenoxy) is 2. The topological polar surface area (TPSA) is 47.9 Å². The summed E-state index contributed by atoms with van der Waals surface area (Å²) in [5.41, 5.74) is 1.11. The lowest BCUT2D eigenvalue weighted by Crippen LogP contribution is -2.40. The van der Waals surface area contributed by atoms with Gasteiger partial charge in [-0.1, -0.05) is 39.0 Å². The molecule has 1 aromatic carbocycles. The van der Waals surface area contributed by atoms with E-state index in [0.717, 1.165) is 37.2 Å². The Kier molecular flexibility index (Phi) is 11.2. The fourth-order valence-corrected chi connectivity index (χ4v) is 3.90. The van der Waals surface area contributed by atoms with Gasteiger partial charge in [0.2, 0.25) is 0 Å². The molecule has 0 unspecified atom stereocenters. The van der Waals surface area contributed by atoms with E-state index in [4.69, 9.17) is 13.9 Å². The van der Waals surface area contributed by atoms with Crippen molar-refractivity contribution in [2.75, 3.05) is 13.7 Å². The summed E-state index contributed by atoms with van der Waals surface area (Å²) in [7, 11) is -0.0147. The minimum absolute atomic E-state index is 0.0277. The molecule has 0 spiro atoms. The van der Waals surface area contributed by atoms with Gasteiger partial charge in [-0.15, -0.1) is 6.58 Å². The molecular weight excluding hydrogens is 380 g/mol. The smallest absolute Gasteiger partial charge is 0.191 e. The number of benzene rings is 1. The van der Waals surface area contributed by atoms with Crippen LogP contribution >= 0.6 is 0 Å². The van der Waals surface area contributed by atoms with E-state index in [9.17, 15) is 5.11 Å². The largest absolute Gasteiger partial charge is 0.497 e. The molecule has 2 atom stereocenters. The summed E-state index contributed by atoms with van der Waals surface area (Å²) in [6.45, 7) is 16.4. The van der Waals surface area contributed by atoms with Gasteiger partial charge in [0.05, 0.1) is 25.9 Å². The van der Waals surface area contributed by atoms with Crippen molar-refractivity contribution in [2.24, 2.45) is 0 Å². The van der Waals surface area contributed by atoms with Gasteiger partial charge in [-0.3, -0.25) is 0 Å². The van der Waals surface area contributed by atoms with Crippen LogP contribution in [0.5, 0.6) is 5.75 Å². The zero-order valence-corrected chi connectivity index (χ0v) is 20.4. The second-order valence-electron chi connectivity index (χ2n) is 9.30. The lowest BCUT2D eigenvalue weighted by atomic mass is 10.0. The molecule has 166 valence electrons. The third-order valence-corrected chi connectivity index (χ3v) is 10.3. The Morgan fingerprint density at radius 1 is 1.14 bits per heavy atom. The highest BCUT2D eigenvalue weighted by Gasteiger charge is 2.36. The Hall–Kier alpha value is -1.14. The summed E-state index contributed by atoms with van der Waals surface area (Å²) in [4.78, 5) is 0. The van der Waals surface area contributed by atoms with Crippen LogP contribution in [0.4, 0.5) is 0 Å². The van der Waals surface area contributed by atoms with Crippen LogP contribution in [-0.2, 0) is 15.8 Å². The standard InChI is InChI=1S/C24H42O4Si/c1-8-11-21(25)18-23(27-19-20-13-15-22(26-5)16-14-20)12-9-10-17-28-29(6,7)24(2,3)4/h8,13-16,21,23,25H,1,9-12,17-19H2,2-7H3/t21-,23+/m0/s1. The SMILES string of the molecule is C=CC[C@H](O)C[C@@H](CCCCO[Si](C)(C)C(C)(C)C)OCc1ccc(OC)cc1. The highest BCUT2D eigenvalue weighted by atomic mass is 28.4. The summed E-state index contributed by atoms with van der Waals surface area (Å²) < 4.78 is 17.6. The Morgan fingerprint density at radius 2 is 1.79 bits per heavy atom. The number of hydrogen-bond donors (Lipinski definition) is 1. The Bertz CT molecular complexity index is 578. The van der Waals surface area contributed by atoms with E-state index >= 15 is 0 Å². The third kappa shape index (κ3) is 9.94. The van der Waals surface area contributed by atoms with Gasteiger partial charge < -0.3 is 19.0 Å². The van der Waals surface area contributed by atoms with Crippen molar-refractivity contribution >= 4 is 8.32 Å². The molecule has 1 N–H and O–H groups in total. The van der Waals surface area contributed by atoms with E-state index in [0.29, 0.717) is 19.4 Å². The molecule has 1 aromatic rings. The molecule has 5 heteroatoms. The first-order valence-corrected chi connectivity index (χ1v) is 13.7. The monoisotopic (exact) mass is 422 g/mol. The normalized spacial score (nSPS) is 14.4. The maximum absolute atomic E-state index is 10.2. The summed E-state index contributed by atoms with van der Waals surface area (Å²) in [5, 5.41) is 10.4. The average Bonchev–Trinajstić information content (AvgIpc) is 2.65. The van der Waals surface area contributed by atoms with Gasteiger partial charge in [-0.25, -0.2) is 0 Å². The molecule has 0 aliphatic heterocycles. The fraction of sp³-hybridized carbons (Fsp3) is 0.667. The molecule has 0 aliphatic rings. The summed E-state index contributed by atoms with van der Waals surface area (Å²) in [5.74, 6) is 0.841. The molecular formula is C24H42O4Si. The lowest BCUT2D eigenvalue weighted by molar-refractivity contribution is -0.00155. The second kappa shape index (κ2) is 12.5. The van der Waals surface area contributed by atoms with Crippen LogP contribution in [-0.4, -0.2) is 39.3 Å². The molecule has 0 heterocycles. The third-order valence-electron chi connectivity index (χ3n) is 5.81. The van der Waals surface area contributed by atoms with Crippen molar-refractivity contribution in [1.82, 2.24) is 0 Å². The Balaban J connectivity index is 2.48. The molecule has 0 fully saturated rings. The number of rotatable bonds is 14. The van der Waals surface area contributed by atoms with E-state index in [-0.39, 0.29) is 11.1 Å². The highest BCUT2D eigenvalue weighted by molar-refractivity contribution is 6.74. The van der Waals surface area contributed by atoms with Crippen LogP contribution in [0, 0.1) is 0 Å². The maximum Gasteiger partial charge on any atom is 0.191 e. The van der Waals surface area contributed by atoms with Crippen LogP contribution in [0.3, 0.4) is 0 Å². The number of methoxy groups -OCH3 is 1. The Labute approximate surface area is 179 Å².